The van der Waals surface area contributed by atoms with Gasteiger partial charge in [-0.2, -0.15) is 0 Å². The van der Waals surface area contributed by atoms with Gasteiger partial charge in [-0.3, -0.25) is 34.2 Å². The number of carboxylic acids is 1. The van der Waals surface area contributed by atoms with Crippen molar-refractivity contribution >= 4 is 58.3 Å². The molecular weight excluding hydrogens is 961 g/mol. The van der Waals surface area contributed by atoms with Gasteiger partial charge >= 0.3 is 5.97 Å². The number of hydrogen-bond acceptors (Lipinski definition) is 11. The predicted octanol–water partition coefficient (Wildman–Crippen LogP) is 0.532. The highest BCUT2D eigenvalue weighted by molar-refractivity contribution is 5.98. The Labute approximate surface area is 435 Å². The summed E-state index contributed by atoms with van der Waals surface area (Å²) in [5.74, 6) is -6.32. The van der Waals surface area contributed by atoms with Crippen molar-refractivity contribution in [2.24, 2.45) is 17.2 Å². The number of carbonyl (C=O) groups is 7. The Morgan fingerprint density at radius 1 is 0.560 bits per heavy atom. The van der Waals surface area contributed by atoms with Gasteiger partial charge in [0, 0.05) is 49.3 Å². The molecule has 4 aromatic carbocycles. The number of rotatable bonds is 30. The molecule has 0 saturated carbocycles. The summed E-state index contributed by atoms with van der Waals surface area (Å²) in [5, 5.41) is 47.6. The smallest absolute Gasteiger partial charge is 0.326 e. The van der Waals surface area contributed by atoms with Crippen LogP contribution in [0.4, 0.5) is 0 Å². The Morgan fingerprint density at radius 2 is 1.01 bits per heavy atom. The summed E-state index contributed by atoms with van der Waals surface area (Å²) in [5.41, 5.74) is 20.8. The SMILES string of the molecule is C[C@@H](O)[C@H](NC(=O)[C@H](CCCCN)NC(=O)[C@@H](Cc1c[nH]c2ccccc12)NC(=O)[C@H](Cc1ccccc1)NC(=O)[C@H](Cc1ccccc1)NC(=O)[C@@H](N)CCCNC(=N)N)C(=O)N[C@@H](Cc1ccccc1)C(=O)O. The molecule has 0 saturated heterocycles. The minimum atomic E-state index is -1.64. The summed E-state index contributed by atoms with van der Waals surface area (Å²) in [4.78, 5) is 101. The quantitative estimate of drug-likeness (QED) is 0.0170. The lowest BCUT2D eigenvalue weighted by molar-refractivity contribution is -0.143. The number of aliphatic hydroxyl groups excluding tert-OH is 1. The molecule has 0 fully saturated rings. The monoisotopic (exact) mass is 1030 g/mol. The fourth-order valence-corrected chi connectivity index (χ4v) is 8.35. The van der Waals surface area contributed by atoms with Crippen LogP contribution in [-0.2, 0) is 59.2 Å². The van der Waals surface area contributed by atoms with Crippen LogP contribution in [0, 0.1) is 5.41 Å². The van der Waals surface area contributed by atoms with Gasteiger partial charge in [0.05, 0.1) is 12.1 Å². The second kappa shape index (κ2) is 29.5. The minimum Gasteiger partial charge on any atom is -0.480 e. The number of nitrogens with one attached hydrogen (secondary N) is 9. The molecule has 0 spiro atoms. The molecule has 0 aliphatic heterocycles. The van der Waals surface area contributed by atoms with Crippen molar-refractivity contribution in [2.45, 2.75) is 113 Å². The number of hydrogen-bond donors (Lipinski definition) is 14. The number of carbonyl (C=O) groups excluding carboxylic acids is 6. The van der Waals surface area contributed by atoms with Crippen molar-refractivity contribution in [2.75, 3.05) is 13.1 Å². The molecule has 1 aromatic heterocycles. The maximum absolute atomic E-state index is 14.8. The van der Waals surface area contributed by atoms with Crippen LogP contribution < -0.4 is 54.4 Å². The molecule has 0 aliphatic rings. The van der Waals surface area contributed by atoms with Crippen LogP contribution in [-0.4, -0.2) is 124 Å². The molecule has 17 N–H and O–H groups in total. The first-order valence-electron chi connectivity index (χ1n) is 25.0. The van der Waals surface area contributed by atoms with Crippen LogP contribution in [0.25, 0.3) is 10.9 Å². The number of benzene rings is 4. The number of nitrogens with two attached hydrogens (primary N) is 3. The zero-order chi connectivity index (χ0) is 54.3. The van der Waals surface area contributed by atoms with Gasteiger partial charge in [0.15, 0.2) is 5.96 Å². The molecule has 1 heterocycles. The van der Waals surface area contributed by atoms with Crippen molar-refractivity contribution in [3.05, 3.63) is 144 Å². The van der Waals surface area contributed by atoms with E-state index in [4.69, 9.17) is 22.6 Å². The number of aliphatic hydroxyl groups is 1. The molecule has 5 aromatic rings. The van der Waals surface area contributed by atoms with Crippen LogP contribution >= 0.6 is 0 Å². The second-order valence-electron chi connectivity index (χ2n) is 18.4. The first-order valence-corrected chi connectivity index (χ1v) is 25.0. The van der Waals surface area contributed by atoms with Gasteiger partial charge in [-0.25, -0.2) is 4.79 Å². The molecule has 0 unspecified atom stereocenters. The van der Waals surface area contributed by atoms with Gasteiger partial charge in [0.1, 0.15) is 36.3 Å². The van der Waals surface area contributed by atoms with E-state index in [1.807, 2.05) is 24.3 Å². The van der Waals surface area contributed by atoms with E-state index in [1.165, 1.54) is 6.92 Å². The zero-order valence-electron chi connectivity index (χ0n) is 41.9. The molecule has 8 atom stereocenters. The number of aliphatic carboxylic acids is 1. The number of guanidine groups is 1. The Hall–Kier alpha value is -8.14. The molecule has 6 amide bonds. The number of H-pyrrole nitrogens is 1. The largest absolute Gasteiger partial charge is 0.480 e. The first kappa shape index (κ1) is 57.8. The van der Waals surface area contributed by atoms with Crippen LogP contribution in [0.1, 0.15) is 61.3 Å². The van der Waals surface area contributed by atoms with Crippen LogP contribution in [0.15, 0.2) is 121 Å². The molecule has 5 rings (SSSR count). The predicted molar refractivity (Wildman–Crippen MR) is 283 cm³/mol. The molecule has 400 valence electrons. The maximum atomic E-state index is 14.8. The fourth-order valence-electron chi connectivity index (χ4n) is 8.35. The number of aromatic amines is 1. The number of amides is 6. The van der Waals surface area contributed by atoms with Gasteiger partial charge in [-0.1, -0.05) is 109 Å². The van der Waals surface area contributed by atoms with Crippen molar-refractivity contribution < 1.29 is 43.8 Å². The lowest BCUT2D eigenvalue weighted by Crippen LogP contribution is -2.61. The van der Waals surface area contributed by atoms with Crippen LogP contribution in [0.5, 0.6) is 0 Å². The lowest BCUT2D eigenvalue weighted by Gasteiger charge is -2.28. The number of carboxylic acid groups (broad SMARTS) is 1. The first-order chi connectivity index (χ1) is 36.0. The molecule has 0 radical (unpaired) electrons. The second-order valence-corrected chi connectivity index (χ2v) is 18.4. The summed E-state index contributed by atoms with van der Waals surface area (Å²) in [7, 11) is 0. The highest BCUT2D eigenvalue weighted by Gasteiger charge is 2.35. The van der Waals surface area contributed by atoms with E-state index in [0.717, 1.165) is 10.9 Å². The van der Waals surface area contributed by atoms with Crippen molar-refractivity contribution in [1.29, 1.82) is 5.41 Å². The van der Waals surface area contributed by atoms with Gasteiger partial charge in [-0.05, 0) is 73.9 Å². The fraction of sp³-hybridized carbons (Fsp3) is 0.370. The summed E-state index contributed by atoms with van der Waals surface area (Å²) in [6.45, 7) is 1.81. The standard InChI is InChI=1S/C54H70N12O9/c1-33(67)46(52(73)65-45(53(74)75)30-36-20-9-4-10-21-36)66-48(69)41(25-13-14-26-55)61-51(72)44(31-37-32-60-40-24-12-11-22-38(37)40)64-50(71)43(29-35-18-7-3-8-19-35)63-49(70)42(28-34-16-5-2-6-17-34)62-47(68)39(56)23-15-27-59-54(57)58/h2-12,16-22,24,32-33,39,41-46,60,67H,13-15,23,25-31,55-56H2,1H3,(H,61,72)(H,62,68)(H,63,70)(H,64,71)(H,65,73)(H,66,69)(H,74,75)(H4,57,58,59)/t33-,39+,41+,42+,43+,44-,45+,46+/m1/s1. The Morgan fingerprint density at radius 3 is 1.52 bits per heavy atom. The highest BCUT2D eigenvalue weighted by Crippen LogP contribution is 2.20. The maximum Gasteiger partial charge on any atom is 0.326 e. The molecule has 75 heavy (non-hydrogen) atoms. The summed E-state index contributed by atoms with van der Waals surface area (Å²) < 4.78 is 0. The Balaban J connectivity index is 1.42. The van der Waals surface area contributed by atoms with E-state index in [0.29, 0.717) is 48.1 Å². The van der Waals surface area contributed by atoms with E-state index in [9.17, 15) is 43.8 Å². The van der Waals surface area contributed by atoms with Gasteiger partial charge in [0.25, 0.3) is 0 Å². The average molecular weight is 1030 g/mol. The normalized spacial score (nSPS) is 14.3. The summed E-state index contributed by atoms with van der Waals surface area (Å²) in [6, 6.07) is 24.3. The minimum absolute atomic E-state index is 0.0165. The number of aromatic nitrogens is 1. The Bertz CT molecular complexity index is 2670. The Kier molecular flexibility index (Phi) is 22.7. The molecule has 21 heteroatoms. The molecular formula is C54H70N12O9. The third kappa shape index (κ3) is 18.7. The third-order valence-electron chi connectivity index (χ3n) is 12.4. The zero-order valence-corrected chi connectivity index (χ0v) is 41.9. The molecule has 0 aliphatic carbocycles. The van der Waals surface area contributed by atoms with E-state index in [-0.39, 0.29) is 51.0 Å². The summed E-state index contributed by atoms with van der Waals surface area (Å²) in [6.07, 6.45) is 1.40. The highest BCUT2D eigenvalue weighted by atomic mass is 16.4. The van der Waals surface area contributed by atoms with Crippen LogP contribution in [0.2, 0.25) is 0 Å². The van der Waals surface area contributed by atoms with Gasteiger partial charge in [-0.15, -0.1) is 0 Å². The van der Waals surface area contributed by atoms with Gasteiger partial charge < -0.3 is 69.6 Å². The lowest BCUT2D eigenvalue weighted by atomic mass is 10.00. The number of unbranched alkanes of at least 4 members (excludes halogenated alkanes) is 1. The molecule has 21 nitrogen and oxygen atoms in total. The van der Waals surface area contributed by atoms with E-state index < -0.39 is 89.8 Å². The van der Waals surface area contributed by atoms with E-state index in [2.05, 4.69) is 42.2 Å². The van der Waals surface area contributed by atoms with Crippen molar-refractivity contribution in [3.8, 4) is 0 Å². The molecule has 0 bridgehead atoms. The number of para-hydroxylation sites is 1. The van der Waals surface area contributed by atoms with Crippen molar-refractivity contribution in [3.63, 3.8) is 0 Å². The number of fused-ring (bicyclic) bond motifs is 1. The van der Waals surface area contributed by atoms with E-state index >= 15 is 0 Å². The van der Waals surface area contributed by atoms with Gasteiger partial charge in [0.2, 0.25) is 35.4 Å². The summed E-state index contributed by atoms with van der Waals surface area (Å²) >= 11 is 0. The topological polar surface area (TPSA) is 362 Å². The van der Waals surface area contributed by atoms with Crippen molar-refractivity contribution in [1.82, 2.24) is 42.2 Å². The van der Waals surface area contributed by atoms with E-state index in [1.54, 1.807) is 97.2 Å². The average Bonchev–Trinajstić information content (AvgIpc) is 3.80. The van der Waals surface area contributed by atoms with Crippen LogP contribution in [0.3, 0.4) is 0 Å². The third-order valence-corrected chi connectivity index (χ3v) is 12.4.